The number of nitrogens with one attached hydrogen (secondary N) is 1. The van der Waals surface area contributed by atoms with E-state index < -0.39 is 10.0 Å². The molecule has 0 bridgehead atoms. The van der Waals surface area contributed by atoms with Crippen LogP contribution in [0.5, 0.6) is 5.75 Å². The van der Waals surface area contributed by atoms with Gasteiger partial charge in [0.05, 0.1) is 11.8 Å². The molecule has 0 aliphatic carbocycles. The lowest BCUT2D eigenvalue weighted by Gasteiger charge is -2.41. The number of benzene rings is 2. The summed E-state index contributed by atoms with van der Waals surface area (Å²) in [5.41, 5.74) is 1.12. The third kappa shape index (κ3) is 4.05. The first kappa shape index (κ1) is 19.2. The molecule has 1 unspecified atom stereocenters. The van der Waals surface area contributed by atoms with Gasteiger partial charge in [0.15, 0.2) is 0 Å². The smallest absolute Gasteiger partial charge is 0.216 e. The SMILES string of the molecule is CCC1(CC)CC(NS(=O)(=O)Cc2ccccc2Cl)c2ccccc2O1. The Bertz CT molecular complexity index is 878. The molecular weight excluding hydrogens is 370 g/mol. The van der Waals surface area contributed by atoms with E-state index in [0.717, 1.165) is 24.2 Å². The van der Waals surface area contributed by atoms with E-state index in [2.05, 4.69) is 18.6 Å². The average molecular weight is 394 g/mol. The summed E-state index contributed by atoms with van der Waals surface area (Å²) < 4.78 is 34.7. The van der Waals surface area contributed by atoms with E-state index in [1.54, 1.807) is 24.3 Å². The van der Waals surface area contributed by atoms with E-state index in [0.29, 0.717) is 17.0 Å². The summed E-state index contributed by atoms with van der Waals surface area (Å²) in [4.78, 5) is 0. The molecular formula is C20H24ClNO3S. The molecule has 4 nitrogen and oxygen atoms in total. The fraction of sp³-hybridized carbons (Fsp3) is 0.400. The van der Waals surface area contributed by atoms with E-state index >= 15 is 0 Å². The minimum atomic E-state index is -3.56. The van der Waals surface area contributed by atoms with Crippen LogP contribution in [0.25, 0.3) is 0 Å². The van der Waals surface area contributed by atoms with Gasteiger partial charge in [0.1, 0.15) is 11.4 Å². The predicted octanol–water partition coefficient (Wildman–Crippen LogP) is 4.84. The second-order valence-corrected chi connectivity index (χ2v) is 8.92. The van der Waals surface area contributed by atoms with Crippen LogP contribution in [0, 0.1) is 0 Å². The first-order valence-electron chi connectivity index (χ1n) is 8.89. The van der Waals surface area contributed by atoms with Gasteiger partial charge in [-0.05, 0) is 30.5 Å². The maximum atomic E-state index is 12.8. The van der Waals surface area contributed by atoms with E-state index in [9.17, 15) is 8.42 Å². The molecule has 0 saturated carbocycles. The maximum absolute atomic E-state index is 12.8. The van der Waals surface area contributed by atoms with E-state index in [1.807, 2.05) is 24.3 Å². The van der Waals surface area contributed by atoms with Crippen LogP contribution in [0.15, 0.2) is 48.5 Å². The Morgan fingerprint density at radius 2 is 1.77 bits per heavy atom. The Morgan fingerprint density at radius 1 is 1.12 bits per heavy atom. The van der Waals surface area contributed by atoms with Gasteiger partial charge < -0.3 is 4.74 Å². The molecule has 0 radical (unpaired) electrons. The van der Waals surface area contributed by atoms with Gasteiger partial charge in [-0.15, -0.1) is 0 Å². The number of fused-ring (bicyclic) bond motifs is 1. The summed E-state index contributed by atoms with van der Waals surface area (Å²) in [7, 11) is -3.56. The number of para-hydroxylation sites is 1. The summed E-state index contributed by atoms with van der Waals surface area (Å²) in [5, 5.41) is 0.460. The minimum absolute atomic E-state index is 0.141. The summed E-state index contributed by atoms with van der Waals surface area (Å²) in [5.74, 6) is 0.616. The van der Waals surface area contributed by atoms with Crippen molar-refractivity contribution in [2.45, 2.75) is 50.5 Å². The van der Waals surface area contributed by atoms with E-state index in [1.165, 1.54) is 0 Å². The molecule has 0 fully saturated rings. The van der Waals surface area contributed by atoms with Gasteiger partial charge in [-0.3, -0.25) is 0 Å². The van der Waals surface area contributed by atoms with Crippen LogP contribution in [-0.4, -0.2) is 14.0 Å². The second kappa shape index (κ2) is 7.59. The van der Waals surface area contributed by atoms with Crippen LogP contribution in [0.3, 0.4) is 0 Å². The second-order valence-electron chi connectivity index (χ2n) is 6.76. The summed E-state index contributed by atoms with van der Waals surface area (Å²) in [6.45, 7) is 4.15. The molecule has 0 aromatic heterocycles. The van der Waals surface area contributed by atoms with Crippen molar-refractivity contribution >= 4 is 21.6 Å². The Kier molecular flexibility index (Phi) is 5.61. The predicted molar refractivity (Wildman–Crippen MR) is 105 cm³/mol. The summed E-state index contributed by atoms with van der Waals surface area (Å²) in [6, 6.07) is 14.4. The van der Waals surface area contributed by atoms with Crippen molar-refractivity contribution < 1.29 is 13.2 Å². The number of hydrogen-bond acceptors (Lipinski definition) is 3. The molecule has 3 rings (SSSR count). The molecule has 6 heteroatoms. The molecule has 26 heavy (non-hydrogen) atoms. The summed E-state index contributed by atoms with van der Waals surface area (Å²) in [6.07, 6.45) is 2.25. The molecule has 140 valence electrons. The van der Waals surface area contributed by atoms with Crippen LogP contribution in [0.4, 0.5) is 0 Å². The monoisotopic (exact) mass is 393 g/mol. The molecule has 1 aliphatic rings. The van der Waals surface area contributed by atoms with Crippen LogP contribution in [0.2, 0.25) is 5.02 Å². The highest BCUT2D eigenvalue weighted by atomic mass is 35.5. The molecule has 1 N–H and O–H groups in total. The van der Waals surface area contributed by atoms with E-state index in [-0.39, 0.29) is 17.4 Å². The number of sulfonamides is 1. The Labute approximate surface area is 160 Å². The quantitative estimate of drug-likeness (QED) is 0.763. The number of halogens is 1. The maximum Gasteiger partial charge on any atom is 0.216 e. The molecule has 2 aromatic carbocycles. The number of hydrogen-bond donors (Lipinski definition) is 1. The van der Waals surface area contributed by atoms with Gasteiger partial charge >= 0.3 is 0 Å². The van der Waals surface area contributed by atoms with Crippen molar-refractivity contribution in [1.29, 1.82) is 0 Å². The molecule has 0 amide bonds. The minimum Gasteiger partial charge on any atom is -0.487 e. The zero-order valence-corrected chi connectivity index (χ0v) is 16.6. The number of rotatable bonds is 6. The van der Waals surface area contributed by atoms with Gasteiger partial charge in [-0.2, -0.15) is 0 Å². The molecule has 1 heterocycles. The Balaban J connectivity index is 1.89. The van der Waals surface area contributed by atoms with E-state index in [4.69, 9.17) is 16.3 Å². The van der Waals surface area contributed by atoms with Crippen molar-refractivity contribution in [2.75, 3.05) is 0 Å². The zero-order chi connectivity index (χ0) is 18.8. The van der Waals surface area contributed by atoms with Crippen LogP contribution < -0.4 is 9.46 Å². The Morgan fingerprint density at radius 3 is 2.46 bits per heavy atom. The van der Waals surface area contributed by atoms with Crippen molar-refractivity contribution in [2.24, 2.45) is 0 Å². The fourth-order valence-corrected chi connectivity index (χ4v) is 5.16. The number of ether oxygens (including phenoxy) is 1. The Hall–Kier alpha value is -1.56. The third-order valence-corrected chi connectivity index (χ3v) is 6.81. The normalized spacial score (nSPS) is 18.8. The lowest BCUT2D eigenvalue weighted by Crippen LogP contribution is -2.44. The van der Waals surface area contributed by atoms with Gasteiger partial charge in [-0.1, -0.05) is 61.8 Å². The van der Waals surface area contributed by atoms with Gasteiger partial charge in [-0.25, -0.2) is 13.1 Å². The first-order chi connectivity index (χ1) is 12.4. The lowest BCUT2D eigenvalue weighted by molar-refractivity contribution is 0.0260. The first-order valence-corrected chi connectivity index (χ1v) is 10.9. The van der Waals surface area contributed by atoms with Crippen molar-refractivity contribution in [3.05, 3.63) is 64.7 Å². The van der Waals surface area contributed by atoms with Gasteiger partial charge in [0, 0.05) is 17.0 Å². The lowest BCUT2D eigenvalue weighted by atomic mass is 9.84. The highest BCUT2D eigenvalue weighted by Gasteiger charge is 2.39. The van der Waals surface area contributed by atoms with Crippen molar-refractivity contribution in [3.63, 3.8) is 0 Å². The summed E-state index contributed by atoms with van der Waals surface area (Å²) >= 11 is 6.13. The van der Waals surface area contributed by atoms with Crippen molar-refractivity contribution in [3.8, 4) is 5.75 Å². The molecule has 1 atom stereocenters. The van der Waals surface area contributed by atoms with Gasteiger partial charge in [0.25, 0.3) is 0 Å². The highest BCUT2D eigenvalue weighted by molar-refractivity contribution is 7.88. The van der Waals surface area contributed by atoms with Gasteiger partial charge in [0.2, 0.25) is 10.0 Å². The third-order valence-electron chi connectivity index (χ3n) is 5.11. The van der Waals surface area contributed by atoms with Crippen LogP contribution in [-0.2, 0) is 15.8 Å². The molecule has 1 aliphatic heterocycles. The fourth-order valence-electron chi connectivity index (χ4n) is 3.48. The average Bonchev–Trinajstić information content (AvgIpc) is 2.63. The van der Waals surface area contributed by atoms with Crippen LogP contribution >= 0.6 is 11.6 Å². The molecule has 2 aromatic rings. The van der Waals surface area contributed by atoms with Crippen molar-refractivity contribution in [1.82, 2.24) is 4.72 Å². The molecule has 0 saturated heterocycles. The zero-order valence-electron chi connectivity index (χ0n) is 15.0. The topological polar surface area (TPSA) is 55.4 Å². The highest BCUT2D eigenvalue weighted by Crippen LogP contribution is 2.43. The standard InChI is InChI=1S/C20H24ClNO3S/c1-3-20(4-2)13-18(16-10-6-8-12-19(16)25-20)22-26(23,24)14-15-9-5-7-11-17(15)21/h5-12,18,22H,3-4,13-14H2,1-2H3. The van der Waals surface area contributed by atoms with Crippen LogP contribution in [0.1, 0.15) is 50.3 Å². The molecule has 0 spiro atoms. The largest absolute Gasteiger partial charge is 0.487 e.